The largest absolute Gasteiger partial charge is 0.401 e. The molecule has 0 spiro atoms. The second kappa shape index (κ2) is 9.38. The molecule has 0 bridgehead atoms. The van der Waals surface area contributed by atoms with E-state index in [0.717, 1.165) is 71.3 Å². The van der Waals surface area contributed by atoms with Crippen LogP contribution in [-0.4, -0.2) is 35.7 Å². The molecule has 0 radical (unpaired) electrons. The van der Waals surface area contributed by atoms with Crippen molar-refractivity contribution in [2.45, 2.75) is 37.9 Å². The molecule has 3 heterocycles. The number of rotatable bonds is 4. The highest BCUT2D eigenvalue weighted by atomic mass is 19.4. The second-order valence-corrected chi connectivity index (χ2v) is 9.40. The second-order valence-electron chi connectivity index (χ2n) is 9.40. The number of nitrogens with two attached hydrogens (primary N) is 1. The van der Waals surface area contributed by atoms with E-state index >= 15 is 0 Å². The number of fused-ring (bicyclic) bond motifs is 1. The summed E-state index contributed by atoms with van der Waals surface area (Å²) in [7, 11) is 0. The Bertz CT molecular complexity index is 1230. The third-order valence-corrected chi connectivity index (χ3v) is 7.02. The summed E-state index contributed by atoms with van der Waals surface area (Å²) in [5.74, 6) is 0.461. The number of nitrogens with one attached hydrogen (secondary N) is 1. The SMILES string of the molecule is C=C1NCCc2cc(-c3cc(-c4ccc(C5CCCCN5CC(F)(F)F)cc4)cnc3N)ccc21. The molecule has 1 saturated heterocycles. The molecule has 1 aromatic heterocycles. The molecule has 5 rings (SSSR count). The van der Waals surface area contributed by atoms with Crippen LogP contribution < -0.4 is 11.1 Å². The van der Waals surface area contributed by atoms with Crippen LogP contribution in [0.5, 0.6) is 0 Å². The van der Waals surface area contributed by atoms with Crippen molar-refractivity contribution < 1.29 is 13.2 Å². The van der Waals surface area contributed by atoms with Crippen molar-refractivity contribution >= 4 is 11.5 Å². The van der Waals surface area contributed by atoms with E-state index in [1.165, 1.54) is 5.56 Å². The zero-order valence-corrected chi connectivity index (χ0v) is 19.5. The topological polar surface area (TPSA) is 54.2 Å². The molecule has 2 aromatic carbocycles. The van der Waals surface area contributed by atoms with Crippen LogP contribution in [0.1, 0.15) is 42.0 Å². The molecule has 3 aromatic rings. The molecule has 1 fully saturated rings. The molecule has 1 atom stereocenters. The number of alkyl halides is 3. The summed E-state index contributed by atoms with van der Waals surface area (Å²) in [6.45, 7) is 4.55. The van der Waals surface area contributed by atoms with Gasteiger partial charge in [0.15, 0.2) is 0 Å². The van der Waals surface area contributed by atoms with Gasteiger partial charge in [0.2, 0.25) is 0 Å². The first-order valence-electron chi connectivity index (χ1n) is 12.0. The number of aromatic nitrogens is 1. The zero-order valence-electron chi connectivity index (χ0n) is 19.5. The van der Waals surface area contributed by atoms with E-state index in [9.17, 15) is 13.2 Å². The van der Waals surface area contributed by atoms with Gasteiger partial charge in [0.1, 0.15) is 5.82 Å². The van der Waals surface area contributed by atoms with Crippen molar-refractivity contribution in [2.75, 3.05) is 25.4 Å². The standard InChI is InChI=1S/C28H29F3N4/c1-18-24-10-9-21(14-22(24)11-12-33-18)25-15-23(16-34-27(25)32)19-5-7-20(8-6-19)26-4-2-3-13-35(26)17-28(29,30)31/h5-10,14-16,26,33H,1-4,11-13,17H2,(H2,32,34). The monoisotopic (exact) mass is 478 g/mol. The van der Waals surface area contributed by atoms with Gasteiger partial charge in [-0.1, -0.05) is 55.5 Å². The summed E-state index contributed by atoms with van der Waals surface area (Å²) < 4.78 is 39.2. The number of nitrogens with zero attached hydrogens (tertiary/aromatic N) is 2. The highest BCUT2D eigenvalue weighted by molar-refractivity contribution is 5.81. The Kier molecular flexibility index (Phi) is 6.28. The van der Waals surface area contributed by atoms with Crippen molar-refractivity contribution in [2.24, 2.45) is 0 Å². The van der Waals surface area contributed by atoms with Crippen LogP contribution in [0.4, 0.5) is 19.0 Å². The summed E-state index contributed by atoms with van der Waals surface area (Å²) in [4.78, 5) is 6.00. The molecule has 2 aliphatic heterocycles. The van der Waals surface area contributed by atoms with Gasteiger partial charge in [-0.3, -0.25) is 4.90 Å². The molecule has 4 nitrogen and oxygen atoms in total. The number of benzene rings is 2. The third-order valence-electron chi connectivity index (χ3n) is 7.02. The van der Waals surface area contributed by atoms with Crippen LogP contribution in [0.15, 0.2) is 61.3 Å². The average Bonchev–Trinajstić information content (AvgIpc) is 2.84. The summed E-state index contributed by atoms with van der Waals surface area (Å²) in [6.07, 6.45) is 0.955. The van der Waals surface area contributed by atoms with E-state index in [2.05, 4.69) is 29.0 Å². The third kappa shape index (κ3) is 5.05. The fourth-order valence-corrected chi connectivity index (χ4v) is 5.26. The van der Waals surface area contributed by atoms with Crippen molar-refractivity contribution in [3.63, 3.8) is 0 Å². The molecule has 182 valence electrons. The molecular formula is C28H29F3N4. The van der Waals surface area contributed by atoms with E-state index in [4.69, 9.17) is 5.73 Å². The highest BCUT2D eigenvalue weighted by Gasteiger charge is 2.35. The number of anilines is 1. The quantitative estimate of drug-likeness (QED) is 0.469. The number of likely N-dealkylation sites (tertiary alicyclic amines) is 1. The maximum Gasteiger partial charge on any atom is 0.401 e. The van der Waals surface area contributed by atoms with Crippen molar-refractivity contribution in [1.29, 1.82) is 0 Å². The molecule has 0 saturated carbocycles. The fraction of sp³-hybridized carbons (Fsp3) is 0.321. The minimum atomic E-state index is -4.19. The van der Waals surface area contributed by atoms with E-state index in [1.807, 2.05) is 36.4 Å². The van der Waals surface area contributed by atoms with Crippen LogP contribution in [0.3, 0.4) is 0 Å². The lowest BCUT2D eigenvalue weighted by Crippen LogP contribution is -2.40. The maximum atomic E-state index is 13.1. The Morgan fingerprint density at radius 3 is 2.54 bits per heavy atom. The summed E-state index contributed by atoms with van der Waals surface area (Å²) in [5.41, 5.74) is 14.2. The Morgan fingerprint density at radius 2 is 1.77 bits per heavy atom. The van der Waals surface area contributed by atoms with Gasteiger partial charge < -0.3 is 11.1 Å². The minimum absolute atomic E-state index is 0.209. The summed E-state index contributed by atoms with van der Waals surface area (Å²) >= 11 is 0. The predicted octanol–water partition coefficient (Wildman–Crippen LogP) is 6.20. The van der Waals surface area contributed by atoms with Gasteiger partial charge in [0.25, 0.3) is 0 Å². The van der Waals surface area contributed by atoms with Gasteiger partial charge in [0.05, 0.1) is 6.54 Å². The van der Waals surface area contributed by atoms with Gasteiger partial charge in [-0.15, -0.1) is 0 Å². The first-order valence-corrected chi connectivity index (χ1v) is 12.0. The molecule has 0 amide bonds. The van der Waals surface area contributed by atoms with Crippen LogP contribution in [0.2, 0.25) is 0 Å². The maximum absolute atomic E-state index is 13.1. The van der Waals surface area contributed by atoms with Gasteiger partial charge >= 0.3 is 6.18 Å². The van der Waals surface area contributed by atoms with Crippen LogP contribution in [0, 0.1) is 0 Å². The molecule has 7 heteroatoms. The van der Waals surface area contributed by atoms with E-state index < -0.39 is 12.7 Å². The molecule has 3 N–H and O–H groups in total. The number of halogens is 3. The highest BCUT2D eigenvalue weighted by Crippen LogP contribution is 2.36. The lowest BCUT2D eigenvalue weighted by Gasteiger charge is -2.36. The number of pyridine rings is 1. The zero-order chi connectivity index (χ0) is 24.6. The summed E-state index contributed by atoms with van der Waals surface area (Å²) in [6, 6.07) is 15.9. The van der Waals surface area contributed by atoms with E-state index in [-0.39, 0.29) is 6.04 Å². The van der Waals surface area contributed by atoms with Crippen molar-refractivity contribution in [3.05, 3.63) is 78.0 Å². The summed E-state index contributed by atoms with van der Waals surface area (Å²) in [5, 5.41) is 3.29. The first-order chi connectivity index (χ1) is 16.8. The van der Waals surface area contributed by atoms with Gasteiger partial charge in [-0.2, -0.15) is 13.2 Å². The van der Waals surface area contributed by atoms with E-state index in [1.54, 1.807) is 11.1 Å². The molecule has 35 heavy (non-hydrogen) atoms. The Balaban J connectivity index is 1.41. The molecular weight excluding hydrogens is 449 g/mol. The molecule has 2 aliphatic rings. The van der Waals surface area contributed by atoms with Crippen molar-refractivity contribution in [1.82, 2.24) is 15.2 Å². The van der Waals surface area contributed by atoms with Gasteiger partial charge in [-0.05, 0) is 54.1 Å². The van der Waals surface area contributed by atoms with Crippen molar-refractivity contribution in [3.8, 4) is 22.3 Å². The Labute approximate surface area is 203 Å². The molecule has 0 aliphatic carbocycles. The lowest BCUT2D eigenvalue weighted by molar-refractivity contribution is -0.153. The minimum Gasteiger partial charge on any atom is -0.385 e. The fourth-order valence-electron chi connectivity index (χ4n) is 5.26. The Hall–Kier alpha value is -3.32. The lowest BCUT2D eigenvalue weighted by atomic mass is 9.92. The Morgan fingerprint density at radius 1 is 1.00 bits per heavy atom. The number of hydrogen-bond donors (Lipinski definition) is 2. The van der Waals surface area contributed by atoms with Gasteiger partial charge in [-0.25, -0.2) is 4.98 Å². The normalized spacial score (nSPS) is 18.7. The number of piperidine rings is 1. The van der Waals surface area contributed by atoms with Crippen LogP contribution in [0.25, 0.3) is 28.0 Å². The van der Waals surface area contributed by atoms with E-state index in [0.29, 0.717) is 12.4 Å². The average molecular weight is 479 g/mol. The molecule has 1 unspecified atom stereocenters. The number of hydrogen-bond acceptors (Lipinski definition) is 4. The van der Waals surface area contributed by atoms with Gasteiger partial charge in [0, 0.05) is 41.2 Å². The first kappa shape index (κ1) is 23.4. The number of nitrogen functional groups attached to an aromatic ring is 1. The predicted molar refractivity (Wildman–Crippen MR) is 134 cm³/mol. The smallest absolute Gasteiger partial charge is 0.385 e. The van der Waals surface area contributed by atoms with Crippen LogP contribution >= 0.6 is 0 Å². The van der Waals surface area contributed by atoms with Crippen LogP contribution in [-0.2, 0) is 6.42 Å².